The highest BCUT2D eigenvalue weighted by atomic mass is 16.1. The first-order valence-corrected chi connectivity index (χ1v) is 6.71. The Bertz CT molecular complexity index is 223. The second-order valence-corrected chi connectivity index (χ2v) is 6.01. The van der Waals surface area contributed by atoms with E-state index in [0.29, 0.717) is 0 Å². The predicted molar refractivity (Wildman–Crippen MR) is 68.5 cm³/mol. The lowest BCUT2D eigenvalue weighted by Crippen LogP contribution is -2.39. The molecule has 0 aliphatic heterocycles. The lowest BCUT2D eigenvalue weighted by Gasteiger charge is -2.31. The van der Waals surface area contributed by atoms with Gasteiger partial charge in [0.25, 0.3) is 0 Å². The molecule has 0 N–H and O–H groups in total. The fraction of sp³-hybridized carbons (Fsp3) is 0.929. The highest BCUT2D eigenvalue weighted by molar-refractivity contribution is 5.58. The van der Waals surface area contributed by atoms with Crippen molar-refractivity contribution in [2.24, 2.45) is 11.3 Å². The van der Waals surface area contributed by atoms with Crippen molar-refractivity contribution >= 4 is 6.29 Å². The van der Waals surface area contributed by atoms with Crippen molar-refractivity contribution in [2.75, 3.05) is 13.1 Å². The Balaban J connectivity index is 2.47. The van der Waals surface area contributed by atoms with Crippen LogP contribution in [-0.4, -0.2) is 30.3 Å². The van der Waals surface area contributed by atoms with E-state index in [1.165, 1.54) is 19.3 Å². The molecular formula is C14H27NO. The fourth-order valence-corrected chi connectivity index (χ4v) is 1.95. The van der Waals surface area contributed by atoms with Gasteiger partial charge in [0.15, 0.2) is 0 Å². The molecule has 1 fully saturated rings. The van der Waals surface area contributed by atoms with E-state index in [2.05, 4.69) is 32.6 Å². The van der Waals surface area contributed by atoms with Crippen LogP contribution in [0.5, 0.6) is 0 Å². The van der Waals surface area contributed by atoms with Crippen LogP contribution in [0.25, 0.3) is 0 Å². The molecule has 16 heavy (non-hydrogen) atoms. The zero-order valence-electron chi connectivity index (χ0n) is 11.3. The second kappa shape index (κ2) is 5.81. The van der Waals surface area contributed by atoms with Crippen LogP contribution in [0.4, 0.5) is 0 Å². The first-order valence-electron chi connectivity index (χ1n) is 6.71. The van der Waals surface area contributed by atoms with Gasteiger partial charge >= 0.3 is 0 Å². The molecule has 0 bridgehead atoms. The minimum absolute atomic E-state index is 0.139. The summed E-state index contributed by atoms with van der Waals surface area (Å²) in [6.45, 7) is 10.8. The van der Waals surface area contributed by atoms with E-state index >= 15 is 0 Å². The van der Waals surface area contributed by atoms with E-state index in [4.69, 9.17) is 0 Å². The van der Waals surface area contributed by atoms with Crippen LogP contribution in [0.3, 0.4) is 0 Å². The molecule has 0 radical (unpaired) electrons. The van der Waals surface area contributed by atoms with E-state index in [1.807, 2.05) is 0 Å². The van der Waals surface area contributed by atoms with Gasteiger partial charge < -0.3 is 4.79 Å². The van der Waals surface area contributed by atoms with Crippen molar-refractivity contribution in [3.05, 3.63) is 0 Å². The number of nitrogens with zero attached hydrogens (tertiary/aromatic N) is 1. The van der Waals surface area contributed by atoms with E-state index in [0.717, 1.165) is 37.8 Å². The maximum absolute atomic E-state index is 11.1. The smallest absolute Gasteiger partial charge is 0.127 e. The van der Waals surface area contributed by atoms with Gasteiger partial charge in [-0.05, 0) is 38.1 Å². The molecule has 1 atom stereocenters. The third-order valence-electron chi connectivity index (χ3n) is 3.71. The lowest BCUT2D eigenvalue weighted by molar-refractivity contribution is -0.116. The molecular weight excluding hydrogens is 198 g/mol. The first kappa shape index (κ1) is 13.7. The predicted octanol–water partition coefficient (Wildman–Crippen LogP) is 3.11. The molecule has 0 spiro atoms. The van der Waals surface area contributed by atoms with Gasteiger partial charge in [-0.25, -0.2) is 0 Å². The molecule has 1 aliphatic rings. The first-order chi connectivity index (χ1) is 7.50. The van der Waals surface area contributed by atoms with E-state index in [-0.39, 0.29) is 5.41 Å². The van der Waals surface area contributed by atoms with Gasteiger partial charge in [-0.3, -0.25) is 4.90 Å². The summed E-state index contributed by atoms with van der Waals surface area (Å²) in [7, 11) is 0. The highest BCUT2D eigenvalue weighted by Crippen LogP contribution is 2.31. The van der Waals surface area contributed by atoms with E-state index in [9.17, 15) is 4.79 Å². The number of hydrogen-bond acceptors (Lipinski definition) is 2. The number of carbonyl (C=O) groups is 1. The average molecular weight is 225 g/mol. The summed E-state index contributed by atoms with van der Waals surface area (Å²) in [5.74, 6) is 0.755. The summed E-state index contributed by atoms with van der Waals surface area (Å²) < 4.78 is 0. The SMILES string of the molecule is CCC(C)(C=O)CN(CCC(C)C)C1CC1. The minimum atomic E-state index is -0.139. The highest BCUT2D eigenvalue weighted by Gasteiger charge is 2.33. The van der Waals surface area contributed by atoms with Crippen LogP contribution in [0.2, 0.25) is 0 Å². The average Bonchev–Trinajstić information content (AvgIpc) is 3.07. The number of carbonyl (C=O) groups excluding carboxylic acids is 1. The molecule has 1 saturated carbocycles. The summed E-state index contributed by atoms with van der Waals surface area (Å²) in [6.07, 6.45) is 6.00. The van der Waals surface area contributed by atoms with Gasteiger partial charge in [0.05, 0.1) is 0 Å². The third kappa shape index (κ3) is 4.25. The van der Waals surface area contributed by atoms with Crippen molar-refractivity contribution in [1.29, 1.82) is 0 Å². The van der Waals surface area contributed by atoms with Crippen molar-refractivity contribution in [3.8, 4) is 0 Å². The maximum atomic E-state index is 11.1. The number of hydrogen-bond donors (Lipinski definition) is 0. The van der Waals surface area contributed by atoms with Crippen LogP contribution in [0.1, 0.15) is 53.4 Å². The van der Waals surface area contributed by atoms with Crippen LogP contribution in [0, 0.1) is 11.3 Å². The van der Waals surface area contributed by atoms with Crippen LogP contribution in [0.15, 0.2) is 0 Å². The molecule has 0 saturated heterocycles. The van der Waals surface area contributed by atoms with E-state index < -0.39 is 0 Å². The molecule has 1 aliphatic carbocycles. The lowest BCUT2D eigenvalue weighted by atomic mass is 9.88. The third-order valence-corrected chi connectivity index (χ3v) is 3.71. The maximum Gasteiger partial charge on any atom is 0.127 e. The standard InChI is InChI=1S/C14H27NO/c1-5-14(4,11-16)10-15(13-6-7-13)9-8-12(2)3/h11-13H,5-10H2,1-4H3. The van der Waals surface area contributed by atoms with Gasteiger partial charge in [-0.15, -0.1) is 0 Å². The molecule has 1 rings (SSSR count). The normalized spacial score (nSPS) is 20.1. The Morgan fingerprint density at radius 1 is 1.44 bits per heavy atom. The quantitative estimate of drug-likeness (QED) is 0.592. The zero-order valence-corrected chi connectivity index (χ0v) is 11.3. The summed E-state index contributed by atoms with van der Waals surface area (Å²) >= 11 is 0. The molecule has 0 aromatic rings. The second-order valence-electron chi connectivity index (χ2n) is 6.01. The van der Waals surface area contributed by atoms with Crippen molar-refractivity contribution in [3.63, 3.8) is 0 Å². The Morgan fingerprint density at radius 3 is 2.44 bits per heavy atom. The largest absolute Gasteiger partial charge is 0.303 e. The Hall–Kier alpha value is -0.370. The molecule has 2 nitrogen and oxygen atoms in total. The van der Waals surface area contributed by atoms with Crippen molar-refractivity contribution in [1.82, 2.24) is 4.90 Å². The molecule has 1 unspecified atom stereocenters. The Morgan fingerprint density at radius 2 is 2.06 bits per heavy atom. The summed E-state index contributed by atoms with van der Waals surface area (Å²) in [5.41, 5.74) is -0.139. The molecule has 0 aromatic heterocycles. The number of rotatable bonds is 8. The molecule has 0 aromatic carbocycles. The molecule has 0 amide bonds. The van der Waals surface area contributed by atoms with Crippen molar-refractivity contribution < 1.29 is 4.79 Å². The number of aldehydes is 1. The fourth-order valence-electron chi connectivity index (χ4n) is 1.95. The molecule has 0 heterocycles. The minimum Gasteiger partial charge on any atom is -0.303 e. The Kier molecular flexibility index (Phi) is 4.97. The van der Waals surface area contributed by atoms with Gasteiger partial charge in [-0.1, -0.05) is 27.7 Å². The van der Waals surface area contributed by atoms with Gasteiger partial charge in [-0.2, -0.15) is 0 Å². The van der Waals surface area contributed by atoms with Crippen LogP contribution >= 0.6 is 0 Å². The van der Waals surface area contributed by atoms with Crippen LogP contribution in [-0.2, 0) is 4.79 Å². The van der Waals surface area contributed by atoms with Gasteiger partial charge in [0.1, 0.15) is 6.29 Å². The molecule has 94 valence electrons. The summed E-state index contributed by atoms with van der Waals surface area (Å²) in [4.78, 5) is 13.7. The topological polar surface area (TPSA) is 20.3 Å². The monoisotopic (exact) mass is 225 g/mol. The molecule has 2 heteroatoms. The van der Waals surface area contributed by atoms with Crippen molar-refractivity contribution in [2.45, 2.75) is 59.4 Å². The summed E-state index contributed by atoms with van der Waals surface area (Å²) in [6, 6.07) is 0.768. The summed E-state index contributed by atoms with van der Waals surface area (Å²) in [5, 5.41) is 0. The van der Waals surface area contributed by atoms with E-state index in [1.54, 1.807) is 0 Å². The van der Waals surface area contributed by atoms with Gasteiger partial charge in [0.2, 0.25) is 0 Å². The van der Waals surface area contributed by atoms with Crippen LogP contribution < -0.4 is 0 Å². The Labute approximate surface area is 100 Å². The van der Waals surface area contributed by atoms with Gasteiger partial charge in [0, 0.05) is 18.0 Å². The zero-order chi connectivity index (χ0) is 12.2.